The Balaban J connectivity index is 1.76. The topological polar surface area (TPSA) is 18.5 Å². The average Bonchev–Trinajstić information content (AvgIpc) is 2.47. The summed E-state index contributed by atoms with van der Waals surface area (Å²) in [5.41, 5.74) is -0.540. The summed E-state index contributed by atoms with van der Waals surface area (Å²) in [7, 11) is 1.62. The van der Waals surface area contributed by atoms with E-state index in [4.69, 9.17) is 9.47 Å². The first-order chi connectivity index (χ1) is 9.60. The highest BCUT2D eigenvalue weighted by Gasteiger charge is 2.54. The number of allylic oxidation sites excluding steroid dienone is 1. The quantitative estimate of drug-likeness (QED) is 0.702. The van der Waals surface area contributed by atoms with E-state index in [-0.39, 0.29) is 23.6 Å². The van der Waals surface area contributed by atoms with E-state index < -0.39 is 0 Å². The van der Waals surface area contributed by atoms with E-state index in [1.165, 1.54) is 25.7 Å². The summed E-state index contributed by atoms with van der Waals surface area (Å²) in [4.78, 5) is 0. The first-order valence-corrected chi connectivity index (χ1v) is 8.12. The summed E-state index contributed by atoms with van der Waals surface area (Å²) in [6.45, 7) is 2.59. The van der Waals surface area contributed by atoms with E-state index in [9.17, 15) is 4.39 Å². The third-order valence-electron chi connectivity index (χ3n) is 6.12. The molecule has 114 valence electrons. The second-order valence-electron chi connectivity index (χ2n) is 7.22. The Kier molecular flexibility index (Phi) is 3.93. The van der Waals surface area contributed by atoms with Gasteiger partial charge in [-0.25, -0.2) is 4.39 Å². The van der Waals surface area contributed by atoms with E-state index in [0.717, 1.165) is 31.6 Å². The number of hydrogen-bond acceptors (Lipinski definition) is 2. The van der Waals surface area contributed by atoms with Crippen LogP contribution >= 0.6 is 0 Å². The van der Waals surface area contributed by atoms with Crippen LogP contribution in [0.4, 0.5) is 4.39 Å². The maximum absolute atomic E-state index is 14.8. The van der Waals surface area contributed by atoms with E-state index >= 15 is 0 Å². The largest absolute Gasteiger partial charge is 0.359 e. The molecule has 4 aliphatic carbocycles. The number of rotatable bonds is 4. The Morgan fingerprint density at radius 2 is 1.80 bits per heavy atom. The highest BCUT2D eigenvalue weighted by molar-refractivity contribution is 5.25. The Hall–Kier alpha value is -0.410. The van der Waals surface area contributed by atoms with Gasteiger partial charge in [-0.2, -0.15) is 0 Å². The van der Waals surface area contributed by atoms with Crippen LogP contribution in [0.1, 0.15) is 58.3 Å². The average molecular weight is 282 g/mol. The van der Waals surface area contributed by atoms with Crippen LogP contribution in [-0.2, 0) is 9.47 Å². The summed E-state index contributed by atoms with van der Waals surface area (Å²) >= 11 is 0. The van der Waals surface area contributed by atoms with Gasteiger partial charge in [0.05, 0.1) is 5.60 Å². The van der Waals surface area contributed by atoms with E-state index in [1.807, 2.05) is 0 Å². The van der Waals surface area contributed by atoms with Gasteiger partial charge in [0.15, 0.2) is 0 Å². The van der Waals surface area contributed by atoms with Gasteiger partial charge in [0.2, 0.25) is 0 Å². The molecule has 0 amide bonds. The molecule has 0 radical (unpaired) electrons. The van der Waals surface area contributed by atoms with Crippen molar-refractivity contribution in [2.24, 2.45) is 17.3 Å². The first kappa shape index (κ1) is 14.5. The van der Waals surface area contributed by atoms with Crippen LogP contribution in [0.3, 0.4) is 0 Å². The van der Waals surface area contributed by atoms with Gasteiger partial charge >= 0.3 is 0 Å². The van der Waals surface area contributed by atoms with E-state index in [1.54, 1.807) is 13.2 Å². The van der Waals surface area contributed by atoms with Gasteiger partial charge in [0.25, 0.3) is 0 Å². The predicted octanol–water partition coefficient (Wildman–Crippen LogP) is 4.60. The predicted molar refractivity (Wildman–Crippen MR) is 76.9 cm³/mol. The molecule has 0 unspecified atom stereocenters. The molecule has 2 saturated carbocycles. The zero-order chi connectivity index (χ0) is 14.2. The Bertz CT molecular complexity index is 374. The van der Waals surface area contributed by atoms with Gasteiger partial charge in [-0.05, 0) is 56.4 Å². The summed E-state index contributed by atoms with van der Waals surface area (Å²) in [5.74, 6) is 1.49. The molecule has 2 nitrogen and oxygen atoms in total. The normalized spacial score (nSPS) is 44.5. The molecule has 0 aromatic carbocycles. The molecule has 0 spiro atoms. The van der Waals surface area contributed by atoms with Crippen molar-refractivity contribution in [3.63, 3.8) is 0 Å². The third kappa shape index (κ3) is 2.33. The molecule has 0 atom stereocenters. The number of ether oxygens (including phenoxy) is 2. The zero-order valence-corrected chi connectivity index (χ0v) is 12.8. The molecule has 3 heteroatoms. The highest BCUT2D eigenvalue weighted by atomic mass is 19.1. The number of halogens is 1. The van der Waals surface area contributed by atoms with Crippen molar-refractivity contribution in [1.29, 1.82) is 0 Å². The number of fused-ring (bicyclic) bond motifs is 2. The van der Waals surface area contributed by atoms with Gasteiger partial charge in [-0.15, -0.1) is 0 Å². The maximum Gasteiger partial charge on any atom is 0.147 e. The van der Waals surface area contributed by atoms with Crippen LogP contribution in [0.25, 0.3) is 0 Å². The summed E-state index contributed by atoms with van der Waals surface area (Å²) in [6, 6.07) is 0. The van der Waals surface area contributed by atoms with Crippen LogP contribution in [0.15, 0.2) is 11.9 Å². The van der Waals surface area contributed by atoms with Crippen molar-refractivity contribution in [2.75, 3.05) is 13.9 Å². The lowest BCUT2D eigenvalue weighted by atomic mass is 9.54. The van der Waals surface area contributed by atoms with Crippen molar-refractivity contribution < 1.29 is 13.9 Å². The van der Waals surface area contributed by atoms with Crippen molar-refractivity contribution >= 4 is 0 Å². The Morgan fingerprint density at radius 3 is 2.35 bits per heavy atom. The second kappa shape index (κ2) is 5.42. The van der Waals surface area contributed by atoms with Gasteiger partial charge in [-0.1, -0.05) is 19.8 Å². The highest BCUT2D eigenvalue weighted by Crippen LogP contribution is 2.60. The molecule has 0 N–H and O–H groups in total. The molecule has 2 bridgehead atoms. The fourth-order valence-corrected chi connectivity index (χ4v) is 4.66. The molecular weight excluding hydrogens is 255 g/mol. The molecule has 4 aliphatic rings. The van der Waals surface area contributed by atoms with Crippen molar-refractivity contribution in [3.05, 3.63) is 11.9 Å². The standard InChI is InChI=1S/C17H27FO2/c1-13-3-5-14(6-4-13)17-9-7-16(8-10-17,11-15(17)18)20-12-19-2/h11,13-14H,3-10,12H2,1-2H3. The Labute approximate surface area is 121 Å². The van der Waals surface area contributed by atoms with Gasteiger partial charge < -0.3 is 9.47 Å². The summed E-state index contributed by atoms with van der Waals surface area (Å²) < 4.78 is 25.6. The lowest BCUT2D eigenvalue weighted by Gasteiger charge is -2.53. The molecular formula is C17H27FO2. The molecule has 20 heavy (non-hydrogen) atoms. The minimum absolute atomic E-state index is 0.116. The zero-order valence-electron chi connectivity index (χ0n) is 12.8. The molecule has 4 rings (SSSR count). The number of hydrogen-bond donors (Lipinski definition) is 0. The fourth-order valence-electron chi connectivity index (χ4n) is 4.66. The van der Waals surface area contributed by atoms with Crippen LogP contribution in [-0.4, -0.2) is 19.5 Å². The summed E-state index contributed by atoms with van der Waals surface area (Å²) in [5, 5.41) is 0. The molecule has 0 saturated heterocycles. The molecule has 0 aromatic rings. The maximum atomic E-state index is 14.8. The molecule has 0 aromatic heterocycles. The van der Waals surface area contributed by atoms with Crippen LogP contribution < -0.4 is 0 Å². The number of methoxy groups -OCH3 is 1. The van der Waals surface area contributed by atoms with Crippen LogP contribution in [0, 0.1) is 17.3 Å². The first-order valence-electron chi connectivity index (χ1n) is 8.12. The lowest BCUT2D eigenvalue weighted by Crippen LogP contribution is -2.49. The van der Waals surface area contributed by atoms with E-state index in [2.05, 4.69) is 6.92 Å². The third-order valence-corrected chi connectivity index (χ3v) is 6.12. The lowest BCUT2D eigenvalue weighted by molar-refractivity contribution is -0.148. The molecule has 0 aliphatic heterocycles. The van der Waals surface area contributed by atoms with Crippen LogP contribution in [0.5, 0.6) is 0 Å². The summed E-state index contributed by atoms with van der Waals surface area (Å²) in [6.07, 6.45) is 10.6. The van der Waals surface area contributed by atoms with Crippen molar-refractivity contribution in [3.8, 4) is 0 Å². The van der Waals surface area contributed by atoms with Crippen molar-refractivity contribution in [2.45, 2.75) is 63.9 Å². The van der Waals surface area contributed by atoms with Gasteiger partial charge in [0, 0.05) is 12.5 Å². The van der Waals surface area contributed by atoms with Gasteiger partial charge in [0.1, 0.15) is 12.6 Å². The monoisotopic (exact) mass is 282 g/mol. The van der Waals surface area contributed by atoms with Gasteiger partial charge in [-0.3, -0.25) is 0 Å². The minimum Gasteiger partial charge on any atom is -0.359 e. The fraction of sp³-hybridized carbons (Fsp3) is 0.882. The SMILES string of the molecule is COCOC12C=C(F)C(C3CCC(C)CC3)(CC1)CC2. The van der Waals surface area contributed by atoms with Crippen molar-refractivity contribution in [1.82, 2.24) is 0 Å². The Morgan fingerprint density at radius 1 is 1.15 bits per heavy atom. The second-order valence-corrected chi connectivity index (χ2v) is 7.22. The van der Waals surface area contributed by atoms with E-state index in [0.29, 0.717) is 5.92 Å². The minimum atomic E-state index is -0.385. The smallest absolute Gasteiger partial charge is 0.147 e. The van der Waals surface area contributed by atoms with Crippen LogP contribution in [0.2, 0.25) is 0 Å². The molecule has 2 fully saturated rings. The molecule has 0 heterocycles.